The monoisotopic (exact) mass is 469 g/mol. The van der Waals surface area contributed by atoms with Gasteiger partial charge in [-0.3, -0.25) is 4.99 Å². The van der Waals surface area contributed by atoms with Crippen molar-refractivity contribution in [1.29, 1.82) is 0 Å². The lowest BCUT2D eigenvalue weighted by Crippen LogP contribution is -2.37. The van der Waals surface area contributed by atoms with Crippen LogP contribution < -0.4 is 20.1 Å². The van der Waals surface area contributed by atoms with Gasteiger partial charge in [0, 0.05) is 25.7 Å². The molecule has 0 saturated carbocycles. The molecule has 0 radical (unpaired) electrons. The molecule has 0 amide bonds. The van der Waals surface area contributed by atoms with Crippen molar-refractivity contribution in [3.8, 4) is 11.5 Å². The van der Waals surface area contributed by atoms with Gasteiger partial charge in [-0.2, -0.15) is 0 Å². The Morgan fingerprint density at radius 2 is 1.77 bits per heavy atom. The number of methoxy groups -OCH3 is 1. The first-order valence-electron chi connectivity index (χ1n) is 8.55. The molecule has 0 atom stereocenters. The maximum Gasteiger partial charge on any atom is 0.191 e. The molecule has 142 valence electrons. The summed E-state index contributed by atoms with van der Waals surface area (Å²) in [6.07, 6.45) is 0.917. The Kier molecular flexibility index (Phi) is 10.5. The van der Waals surface area contributed by atoms with E-state index in [4.69, 9.17) is 9.47 Å². The molecule has 26 heavy (non-hydrogen) atoms. The number of rotatable bonds is 8. The Balaban J connectivity index is 0.00000338. The SMILES string of the molecule is CCOc1ccccc1CNC(=NC)NCCc1ccc(OC)cc1.I. The van der Waals surface area contributed by atoms with Crippen molar-refractivity contribution in [2.24, 2.45) is 4.99 Å². The Morgan fingerprint density at radius 1 is 1.04 bits per heavy atom. The van der Waals surface area contributed by atoms with Crippen molar-refractivity contribution in [3.05, 3.63) is 59.7 Å². The number of guanidine groups is 1. The van der Waals surface area contributed by atoms with E-state index in [1.807, 2.05) is 37.3 Å². The second kappa shape index (κ2) is 12.4. The number of aliphatic imine (C=N–C) groups is 1. The molecule has 2 aromatic carbocycles. The highest BCUT2D eigenvalue weighted by Gasteiger charge is 2.04. The van der Waals surface area contributed by atoms with Crippen LogP contribution in [-0.2, 0) is 13.0 Å². The third-order valence-corrected chi connectivity index (χ3v) is 3.81. The lowest BCUT2D eigenvalue weighted by molar-refractivity contribution is 0.336. The molecule has 5 nitrogen and oxygen atoms in total. The van der Waals surface area contributed by atoms with Crippen molar-refractivity contribution in [1.82, 2.24) is 10.6 Å². The first-order valence-corrected chi connectivity index (χ1v) is 8.55. The lowest BCUT2D eigenvalue weighted by atomic mass is 10.1. The molecule has 0 fully saturated rings. The summed E-state index contributed by atoms with van der Waals surface area (Å²) in [5.74, 6) is 2.56. The van der Waals surface area contributed by atoms with E-state index < -0.39 is 0 Å². The highest BCUT2D eigenvalue weighted by Crippen LogP contribution is 2.17. The van der Waals surface area contributed by atoms with Crippen LogP contribution in [0.2, 0.25) is 0 Å². The molecular formula is C20H28IN3O2. The van der Waals surface area contributed by atoms with Gasteiger partial charge in [-0.1, -0.05) is 30.3 Å². The summed E-state index contributed by atoms with van der Waals surface area (Å²) in [4.78, 5) is 4.27. The van der Waals surface area contributed by atoms with E-state index in [1.54, 1.807) is 14.2 Å². The fourth-order valence-corrected chi connectivity index (χ4v) is 2.46. The van der Waals surface area contributed by atoms with Crippen LogP contribution in [0.5, 0.6) is 11.5 Å². The predicted molar refractivity (Wildman–Crippen MR) is 118 cm³/mol. The average molecular weight is 469 g/mol. The van der Waals surface area contributed by atoms with Crippen LogP contribution in [0.1, 0.15) is 18.1 Å². The number of nitrogens with one attached hydrogen (secondary N) is 2. The Labute approximate surface area is 173 Å². The molecule has 0 unspecified atom stereocenters. The molecule has 2 rings (SSSR count). The zero-order valence-electron chi connectivity index (χ0n) is 15.6. The minimum absolute atomic E-state index is 0. The number of hydrogen-bond donors (Lipinski definition) is 2. The van der Waals surface area contributed by atoms with Crippen LogP contribution in [-0.4, -0.2) is 33.3 Å². The van der Waals surface area contributed by atoms with Gasteiger partial charge in [-0.05, 0) is 37.1 Å². The summed E-state index contributed by atoms with van der Waals surface area (Å²) < 4.78 is 10.8. The normalized spacial score (nSPS) is 10.7. The van der Waals surface area contributed by atoms with E-state index in [1.165, 1.54) is 5.56 Å². The zero-order valence-corrected chi connectivity index (χ0v) is 17.9. The van der Waals surface area contributed by atoms with Crippen LogP contribution in [0.3, 0.4) is 0 Å². The zero-order chi connectivity index (χ0) is 17.9. The lowest BCUT2D eigenvalue weighted by Gasteiger charge is -2.14. The van der Waals surface area contributed by atoms with Crippen LogP contribution in [0.25, 0.3) is 0 Å². The quantitative estimate of drug-likeness (QED) is 0.353. The molecule has 0 aliphatic heterocycles. The van der Waals surface area contributed by atoms with Crippen molar-refractivity contribution in [2.45, 2.75) is 19.9 Å². The molecule has 6 heteroatoms. The molecule has 0 bridgehead atoms. The van der Waals surface area contributed by atoms with Crippen LogP contribution in [0, 0.1) is 0 Å². The van der Waals surface area contributed by atoms with E-state index in [-0.39, 0.29) is 24.0 Å². The summed E-state index contributed by atoms with van der Waals surface area (Å²) in [5.41, 5.74) is 2.37. The number of benzene rings is 2. The van der Waals surface area contributed by atoms with Crippen molar-refractivity contribution >= 4 is 29.9 Å². The molecule has 0 heterocycles. The Bertz CT molecular complexity index is 675. The van der Waals surface area contributed by atoms with E-state index in [0.717, 1.165) is 36.0 Å². The molecule has 0 aromatic heterocycles. The first kappa shape index (κ1) is 22.1. The van der Waals surface area contributed by atoms with Gasteiger partial charge in [-0.25, -0.2) is 0 Å². The molecule has 0 aliphatic rings. The van der Waals surface area contributed by atoms with E-state index in [0.29, 0.717) is 13.2 Å². The first-order chi connectivity index (χ1) is 12.3. The summed E-state index contributed by atoms with van der Waals surface area (Å²) in [6.45, 7) is 4.12. The summed E-state index contributed by atoms with van der Waals surface area (Å²) in [6, 6.07) is 16.2. The van der Waals surface area contributed by atoms with Gasteiger partial charge >= 0.3 is 0 Å². The van der Waals surface area contributed by atoms with Gasteiger partial charge in [-0.15, -0.1) is 24.0 Å². The van der Waals surface area contributed by atoms with E-state index in [9.17, 15) is 0 Å². The average Bonchev–Trinajstić information content (AvgIpc) is 2.66. The fraction of sp³-hybridized carbons (Fsp3) is 0.350. The standard InChI is InChI=1S/C20H27N3O2.HI/c1-4-25-19-8-6-5-7-17(19)15-23-20(21-2)22-14-13-16-9-11-18(24-3)12-10-16;/h5-12H,4,13-15H2,1-3H3,(H2,21,22,23);1H. The number of halogens is 1. The van der Waals surface area contributed by atoms with Gasteiger partial charge in [0.05, 0.1) is 13.7 Å². The van der Waals surface area contributed by atoms with Crippen LogP contribution >= 0.6 is 24.0 Å². The molecule has 0 aliphatic carbocycles. The number of para-hydroxylation sites is 1. The second-order valence-corrected chi connectivity index (χ2v) is 5.49. The maximum atomic E-state index is 5.65. The Morgan fingerprint density at radius 3 is 2.42 bits per heavy atom. The topological polar surface area (TPSA) is 54.9 Å². The highest BCUT2D eigenvalue weighted by atomic mass is 127. The minimum Gasteiger partial charge on any atom is -0.497 e. The van der Waals surface area contributed by atoms with Crippen molar-refractivity contribution in [3.63, 3.8) is 0 Å². The number of hydrogen-bond acceptors (Lipinski definition) is 3. The molecule has 0 saturated heterocycles. The number of nitrogens with zero attached hydrogens (tertiary/aromatic N) is 1. The maximum absolute atomic E-state index is 5.65. The summed E-state index contributed by atoms with van der Waals surface area (Å²) in [5, 5.41) is 6.66. The molecular weight excluding hydrogens is 441 g/mol. The van der Waals surface area contributed by atoms with Crippen LogP contribution in [0.15, 0.2) is 53.5 Å². The largest absolute Gasteiger partial charge is 0.497 e. The Hall–Kier alpha value is -1.96. The van der Waals surface area contributed by atoms with Gasteiger partial charge < -0.3 is 20.1 Å². The van der Waals surface area contributed by atoms with Gasteiger partial charge in [0.15, 0.2) is 5.96 Å². The molecule has 0 spiro atoms. The highest BCUT2D eigenvalue weighted by molar-refractivity contribution is 14.0. The fourth-order valence-electron chi connectivity index (χ4n) is 2.46. The predicted octanol–water partition coefficient (Wildman–Crippen LogP) is 3.62. The number of ether oxygens (including phenoxy) is 2. The minimum atomic E-state index is 0. The van der Waals surface area contributed by atoms with E-state index >= 15 is 0 Å². The van der Waals surface area contributed by atoms with E-state index in [2.05, 4.69) is 33.8 Å². The summed E-state index contributed by atoms with van der Waals surface area (Å²) in [7, 11) is 3.45. The van der Waals surface area contributed by atoms with Crippen LogP contribution in [0.4, 0.5) is 0 Å². The van der Waals surface area contributed by atoms with Gasteiger partial charge in [0.25, 0.3) is 0 Å². The summed E-state index contributed by atoms with van der Waals surface area (Å²) >= 11 is 0. The third kappa shape index (κ3) is 7.11. The van der Waals surface area contributed by atoms with Crippen molar-refractivity contribution in [2.75, 3.05) is 27.3 Å². The molecule has 2 aromatic rings. The third-order valence-electron chi connectivity index (χ3n) is 3.81. The van der Waals surface area contributed by atoms with Gasteiger partial charge in [0.1, 0.15) is 11.5 Å². The molecule has 2 N–H and O–H groups in total. The van der Waals surface area contributed by atoms with Gasteiger partial charge in [0.2, 0.25) is 0 Å². The van der Waals surface area contributed by atoms with Crippen molar-refractivity contribution < 1.29 is 9.47 Å². The second-order valence-electron chi connectivity index (χ2n) is 5.49. The smallest absolute Gasteiger partial charge is 0.191 e.